The maximum Gasteiger partial charge on any atom is 0.277 e. The van der Waals surface area contributed by atoms with Gasteiger partial charge < -0.3 is 9.73 Å². The molecule has 188 valence electrons. The van der Waals surface area contributed by atoms with E-state index in [1.165, 1.54) is 0 Å². The third-order valence-corrected chi connectivity index (χ3v) is 6.09. The summed E-state index contributed by atoms with van der Waals surface area (Å²) in [4.78, 5) is 37.7. The lowest BCUT2D eigenvalue weighted by Gasteiger charge is -2.09. The fourth-order valence-electron chi connectivity index (χ4n) is 3.85. The molecular weight excluding hydrogens is 534 g/mol. The van der Waals surface area contributed by atoms with Crippen molar-refractivity contribution in [1.29, 1.82) is 0 Å². The zero-order valence-corrected chi connectivity index (χ0v) is 20.6. The number of amides is 1. The molecule has 1 heterocycles. The summed E-state index contributed by atoms with van der Waals surface area (Å²) in [6.07, 6.45) is 0. The van der Waals surface area contributed by atoms with Crippen molar-refractivity contribution >= 4 is 73.8 Å². The molecule has 0 aliphatic rings. The topological polar surface area (TPSA) is 153 Å². The van der Waals surface area contributed by atoms with Gasteiger partial charge in [-0.25, -0.2) is 4.98 Å². The first-order chi connectivity index (χ1) is 18.2. The van der Waals surface area contributed by atoms with Crippen LogP contribution in [0, 0.1) is 20.2 Å². The predicted molar refractivity (Wildman–Crippen MR) is 145 cm³/mol. The molecule has 4 aromatic carbocycles. The van der Waals surface area contributed by atoms with Crippen LogP contribution in [-0.4, -0.2) is 25.9 Å². The molecule has 1 aromatic heterocycles. The molecule has 13 heteroatoms. The number of nitro benzene ring substituents is 2. The van der Waals surface area contributed by atoms with Gasteiger partial charge in [-0.15, -0.1) is 0 Å². The van der Waals surface area contributed by atoms with Crippen LogP contribution in [0.4, 0.5) is 17.1 Å². The van der Waals surface area contributed by atoms with Crippen LogP contribution < -0.4 is 10.6 Å². The normalized spacial score (nSPS) is 10.9. The van der Waals surface area contributed by atoms with Gasteiger partial charge in [-0.05, 0) is 47.9 Å². The van der Waals surface area contributed by atoms with Crippen LogP contribution in [0.25, 0.3) is 33.3 Å². The smallest absolute Gasteiger partial charge is 0.277 e. The van der Waals surface area contributed by atoms with Crippen molar-refractivity contribution in [2.75, 3.05) is 5.32 Å². The van der Waals surface area contributed by atoms with Crippen molar-refractivity contribution in [2.45, 2.75) is 0 Å². The van der Waals surface area contributed by atoms with E-state index in [1.807, 2.05) is 30.3 Å². The highest BCUT2D eigenvalue weighted by molar-refractivity contribution is 7.80. The molecule has 1 amide bonds. The largest absolute Gasteiger partial charge is 0.436 e. The number of hydrogen-bond acceptors (Lipinski definition) is 8. The predicted octanol–water partition coefficient (Wildman–Crippen LogP) is 6.24. The number of anilines is 1. The Kier molecular flexibility index (Phi) is 6.41. The zero-order chi connectivity index (χ0) is 27.0. The number of fused-ring (bicyclic) bond motifs is 2. The van der Waals surface area contributed by atoms with Gasteiger partial charge in [-0.3, -0.25) is 30.3 Å². The second-order valence-electron chi connectivity index (χ2n) is 8.00. The standard InChI is InChI=1S/C25H14ClN5O6S/c26-20-6-2-3-17-18(20)4-1-5-19(17)24-28-21-11-14(7-8-22(21)37-24)27-25(38)29-23(32)13-9-15(30(33)34)12-16(10-13)31(35)36/h1-12H,(H2,27,29,32,38). The summed E-state index contributed by atoms with van der Waals surface area (Å²) < 4.78 is 5.95. The average Bonchev–Trinajstić information content (AvgIpc) is 3.31. The second kappa shape index (κ2) is 9.84. The van der Waals surface area contributed by atoms with Gasteiger partial charge in [0.1, 0.15) is 5.52 Å². The van der Waals surface area contributed by atoms with Gasteiger partial charge in [-0.1, -0.05) is 35.9 Å². The van der Waals surface area contributed by atoms with Crippen LogP contribution in [0.2, 0.25) is 5.02 Å². The van der Waals surface area contributed by atoms with E-state index in [-0.39, 0.29) is 10.7 Å². The fourth-order valence-corrected chi connectivity index (χ4v) is 4.30. The van der Waals surface area contributed by atoms with Crippen LogP contribution >= 0.6 is 23.8 Å². The number of thiocarbonyl (C=S) groups is 1. The summed E-state index contributed by atoms with van der Waals surface area (Å²) in [7, 11) is 0. The lowest BCUT2D eigenvalue weighted by molar-refractivity contribution is -0.394. The number of nitrogens with one attached hydrogen (secondary N) is 2. The maximum atomic E-state index is 12.6. The van der Waals surface area contributed by atoms with E-state index in [4.69, 9.17) is 28.2 Å². The molecular formula is C25H14ClN5O6S. The van der Waals surface area contributed by atoms with E-state index in [1.54, 1.807) is 24.3 Å². The van der Waals surface area contributed by atoms with Crippen LogP contribution in [0.15, 0.2) is 77.2 Å². The maximum absolute atomic E-state index is 12.6. The van der Waals surface area contributed by atoms with Crippen molar-refractivity contribution in [3.05, 3.63) is 104 Å². The first kappa shape index (κ1) is 24.7. The van der Waals surface area contributed by atoms with Gasteiger partial charge in [0, 0.05) is 33.8 Å². The Balaban J connectivity index is 1.36. The number of nitro groups is 2. The van der Waals surface area contributed by atoms with Crippen molar-refractivity contribution in [3.63, 3.8) is 0 Å². The Labute approximate surface area is 223 Å². The van der Waals surface area contributed by atoms with Gasteiger partial charge in [0.05, 0.1) is 21.5 Å². The monoisotopic (exact) mass is 547 g/mol. The Hall–Kier alpha value is -4.94. The molecule has 0 radical (unpaired) electrons. The summed E-state index contributed by atoms with van der Waals surface area (Å²) in [5.41, 5.74) is 0.809. The summed E-state index contributed by atoms with van der Waals surface area (Å²) in [6, 6.07) is 18.9. The Morgan fingerprint density at radius 1 is 0.921 bits per heavy atom. The first-order valence-corrected chi connectivity index (χ1v) is 11.6. The third-order valence-electron chi connectivity index (χ3n) is 5.56. The van der Waals surface area contributed by atoms with Crippen molar-refractivity contribution in [3.8, 4) is 11.5 Å². The van der Waals surface area contributed by atoms with Crippen molar-refractivity contribution in [2.24, 2.45) is 0 Å². The zero-order valence-electron chi connectivity index (χ0n) is 19.0. The molecule has 0 aliphatic carbocycles. The van der Waals surface area contributed by atoms with Gasteiger partial charge in [0.25, 0.3) is 17.3 Å². The number of hydrogen-bond donors (Lipinski definition) is 2. The van der Waals surface area contributed by atoms with E-state index in [0.717, 1.165) is 34.5 Å². The number of carbonyl (C=O) groups excluding carboxylic acids is 1. The van der Waals surface area contributed by atoms with Crippen LogP contribution in [0.3, 0.4) is 0 Å². The Morgan fingerprint density at radius 2 is 1.61 bits per heavy atom. The highest BCUT2D eigenvalue weighted by Gasteiger charge is 2.20. The average molecular weight is 548 g/mol. The highest BCUT2D eigenvalue weighted by atomic mass is 35.5. The van der Waals surface area contributed by atoms with Crippen LogP contribution in [0.1, 0.15) is 10.4 Å². The quantitative estimate of drug-likeness (QED) is 0.148. The minimum Gasteiger partial charge on any atom is -0.436 e. The molecule has 0 bridgehead atoms. The van der Waals surface area contributed by atoms with E-state index < -0.39 is 27.1 Å². The summed E-state index contributed by atoms with van der Waals surface area (Å²) >= 11 is 11.5. The summed E-state index contributed by atoms with van der Waals surface area (Å²) in [6.45, 7) is 0. The van der Waals surface area contributed by atoms with Crippen molar-refractivity contribution in [1.82, 2.24) is 10.3 Å². The number of benzene rings is 4. The van der Waals surface area contributed by atoms with Gasteiger partial charge >= 0.3 is 0 Å². The third kappa shape index (κ3) is 4.85. The summed E-state index contributed by atoms with van der Waals surface area (Å²) in [5, 5.41) is 29.6. The molecule has 0 saturated carbocycles. The molecule has 11 nitrogen and oxygen atoms in total. The minimum atomic E-state index is -0.853. The molecule has 0 spiro atoms. The number of halogens is 1. The fraction of sp³-hybridized carbons (Fsp3) is 0. The molecule has 0 atom stereocenters. The molecule has 2 N–H and O–H groups in total. The number of oxazole rings is 1. The van der Waals surface area contributed by atoms with E-state index in [2.05, 4.69) is 15.6 Å². The number of rotatable bonds is 5. The Morgan fingerprint density at radius 3 is 2.32 bits per heavy atom. The van der Waals surface area contributed by atoms with E-state index in [9.17, 15) is 25.0 Å². The second-order valence-corrected chi connectivity index (χ2v) is 8.82. The molecule has 0 fully saturated rings. The number of non-ortho nitro benzene ring substituents is 2. The molecule has 0 saturated heterocycles. The lowest BCUT2D eigenvalue weighted by Crippen LogP contribution is -2.34. The first-order valence-electron chi connectivity index (χ1n) is 10.8. The van der Waals surface area contributed by atoms with Gasteiger partial charge in [-0.2, -0.15) is 0 Å². The SMILES string of the molecule is O=C(NC(=S)Nc1ccc2oc(-c3cccc4c(Cl)cccc34)nc2c1)c1cc([N+](=O)[O-])cc([N+](=O)[O-])c1. The number of carbonyl (C=O) groups is 1. The molecule has 5 aromatic rings. The molecule has 38 heavy (non-hydrogen) atoms. The Bertz CT molecular complexity index is 1770. The van der Waals surface area contributed by atoms with Crippen molar-refractivity contribution < 1.29 is 19.1 Å². The summed E-state index contributed by atoms with van der Waals surface area (Å²) in [5.74, 6) is -0.457. The van der Waals surface area contributed by atoms with Gasteiger partial charge in [0.15, 0.2) is 10.7 Å². The van der Waals surface area contributed by atoms with Crippen LogP contribution in [-0.2, 0) is 0 Å². The minimum absolute atomic E-state index is 0.129. The van der Waals surface area contributed by atoms with Crippen LogP contribution in [0.5, 0.6) is 0 Å². The number of nitrogens with zero attached hydrogens (tertiary/aromatic N) is 3. The lowest BCUT2D eigenvalue weighted by atomic mass is 10.0. The molecule has 0 aliphatic heterocycles. The highest BCUT2D eigenvalue weighted by Crippen LogP contribution is 2.34. The molecule has 5 rings (SSSR count). The van der Waals surface area contributed by atoms with E-state index >= 15 is 0 Å². The van der Waals surface area contributed by atoms with Gasteiger partial charge in [0.2, 0.25) is 5.89 Å². The number of aromatic nitrogens is 1. The molecule has 0 unspecified atom stereocenters. The van der Waals surface area contributed by atoms with E-state index in [0.29, 0.717) is 27.7 Å².